The van der Waals surface area contributed by atoms with Crippen molar-refractivity contribution in [2.24, 2.45) is 11.8 Å². The average molecular weight is 412 g/mol. The topological polar surface area (TPSA) is 175 Å². The molecule has 12 heteroatoms. The number of carboxylic acid groups (broad SMARTS) is 1. The molecule has 0 radical (unpaired) electrons. The maximum absolute atomic E-state index is 11.8. The molecule has 0 bridgehead atoms. The van der Waals surface area contributed by atoms with Gasteiger partial charge in [-0.2, -0.15) is 0 Å². The first kappa shape index (κ1) is 25.0. The SMILES string of the molecule is C=C[C@H]1[C@H](O[C@@H]2O[C@H](CO)[C@@H](O)[C@H](O)[C@H]2O)OC=C(C(=O)OC)[C@H]1C(=O)[O-].[Na+]. The van der Waals surface area contributed by atoms with Gasteiger partial charge in [-0.05, 0) is 0 Å². The number of carbonyl (C=O) groups excluding carboxylic acids is 2. The van der Waals surface area contributed by atoms with Crippen molar-refractivity contribution in [2.45, 2.75) is 37.0 Å². The fourth-order valence-electron chi connectivity index (χ4n) is 2.93. The van der Waals surface area contributed by atoms with Crippen LogP contribution >= 0.6 is 0 Å². The number of rotatable bonds is 6. The molecule has 11 nitrogen and oxygen atoms in total. The normalized spacial score (nSPS) is 37.7. The van der Waals surface area contributed by atoms with Crippen molar-refractivity contribution in [3.63, 3.8) is 0 Å². The van der Waals surface area contributed by atoms with E-state index in [-0.39, 0.29) is 35.1 Å². The Morgan fingerprint density at radius 1 is 1.25 bits per heavy atom. The summed E-state index contributed by atoms with van der Waals surface area (Å²) in [6.45, 7) is 2.82. The average Bonchev–Trinajstić information content (AvgIpc) is 2.66. The van der Waals surface area contributed by atoms with E-state index >= 15 is 0 Å². The van der Waals surface area contributed by atoms with Crippen LogP contribution < -0.4 is 34.7 Å². The molecule has 0 aromatic carbocycles. The number of aliphatic hydroxyl groups excluding tert-OH is 4. The van der Waals surface area contributed by atoms with E-state index < -0.39 is 67.4 Å². The molecule has 152 valence electrons. The van der Waals surface area contributed by atoms with Crippen LogP contribution in [-0.2, 0) is 28.5 Å². The molecule has 1 fully saturated rings. The van der Waals surface area contributed by atoms with Gasteiger partial charge in [0, 0.05) is 5.92 Å². The third-order valence-corrected chi connectivity index (χ3v) is 4.43. The van der Waals surface area contributed by atoms with Crippen molar-refractivity contribution in [3.8, 4) is 0 Å². The van der Waals surface area contributed by atoms with Gasteiger partial charge >= 0.3 is 35.5 Å². The number of ether oxygens (including phenoxy) is 4. The molecule has 0 aliphatic carbocycles. The van der Waals surface area contributed by atoms with Gasteiger partial charge in [-0.1, -0.05) is 6.08 Å². The molecule has 2 rings (SSSR count). The van der Waals surface area contributed by atoms with Crippen molar-refractivity contribution < 1.29 is 83.6 Å². The van der Waals surface area contributed by atoms with Crippen LogP contribution in [0, 0.1) is 11.8 Å². The second-order valence-corrected chi connectivity index (χ2v) is 6.01. The number of carbonyl (C=O) groups is 2. The van der Waals surface area contributed by atoms with Crippen molar-refractivity contribution in [2.75, 3.05) is 13.7 Å². The maximum Gasteiger partial charge on any atom is 1.00 e. The first-order chi connectivity index (χ1) is 12.8. The smallest absolute Gasteiger partial charge is 0.549 e. The van der Waals surface area contributed by atoms with E-state index in [1.807, 2.05) is 0 Å². The van der Waals surface area contributed by atoms with Crippen molar-refractivity contribution in [1.82, 2.24) is 0 Å². The van der Waals surface area contributed by atoms with Crippen LogP contribution in [0.5, 0.6) is 0 Å². The standard InChI is InChI=1S/C16H22O11.Na/c1-3-6-9(13(21)22)7(14(23)24-2)5-25-15(6)27-16-12(20)11(19)10(18)8(4-17)26-16;/h3,5-6,8-12,15-20H,1,4H2,2H3,(H,21,22);/q;+1/p-1/t6-,8-,9+,10-,11+,12-,15+,16+;/m1./s1. The van der Waals surface area contributed by atoms with E-state index in [1.54, 1.807) is 0 Å². The summed E-state index contributed by atoms with van der Waals surface area (Å²) in [6.07, 6.45) is -7.18. The Morgan fingerprint density at radius 2 is 1.89 bits per heavy atom. The molecule has 0 spiro atoms. The van der Waals surface area contributed by atoms with Crippen molar-refractivity contribution in [1.29, 1.82) is 0 Å². The number of esters is 1. The van der Waals surface area contributed by atoms with E-state index in [0.29, 0.717) is 0 Å². The molecule has 0 aromatic rings. The van der Waals surface area contributed by atoms with E-state index in [0.717, 1.165) is 19.4 Å². The Balaban J connectivity index is 0.00000392. The summed E-state index contributed by atoms with van der Waals surface area (Å²) >= 11 is 0. The molecule has 0 saturated carbocycles. The molecule has 4 N–H and O–H groups in total. The van der Waals surface area contributed by atoms with Crippen LogP contribution in [-0.4, -0.2) is 83.1 Å². The molecule has 8 atom stereocenters. The summed E-state index contributed by atoms with van der Waals surface area (Å²) in [4.78, 5) is 23.3. The molecular formula is C16H21NaO11. The number of hydrogen-bond acceptors (Lipinski definition) is 11. The van der Waals surface area contributed by atoms with Gasteiger partial charge in [-0.15, -0.1) is 6.58 Å². The zero-order chi connectivity index (χ0) is 20.3. The van der Waals surface area contributed by atoms with Gasteiger partial charge in [0.15, 0.2) is 6.29 Å². The zero-order valence-electron chi connectivity index (χ0n) is 15.3. The Labute approximate surface area is 182 Å². The van der Waals surface area contributed by atoms with Gasteiger partial charge in [-0.3, -0.25) is 0 Å². The summed E-state index contributed by atoms with van der Waals surface area (Å²) in [5, 5.41) is 50.3. The van der Waals surface area contributed by atoms with Crippen LogP contribution in [0.3, 0.4) is 0 Å². The number of hydrogen-bond donors (Lipinski definition) is 4. The summed E-state index contributed by atoms with van der Waals surface area (Å²) in [6, 6.07) is 0. The predicted octanol–water partition coefficient (Wildman–Crippen LogP) is -6.61. The first-order valence-electron chi connectivity index (χ1n) is 8.00. The van der Waals surface area contributed by atoms with E-state index in [1.165, 1.54) is 0 Å². The van der Waals surface area contributed by atoms with Crippen LogP contribution in [0.4, 0.5) is 0 Å². The number of aliphatic hydroxyl groups is 4. The summed E-state index contributed by atoms with van der Waals surface area (Å²) in [7, 11) is 1.06. The minimum absolute atomic E-state index is 0. The van der Waals surface area contributed by atoms with Gasteiger partial charge in [0.1, 0.15) is 24.4 Å². The van der Waals surface area contributed by atoms with E-state index in [9.17, 15) is 35.1 Å². The first-order valence-corrected chi connectivity index (χ1v) is 8.00. The molecular weight excluding hydrogens is 391 g/mol. The molecule has 2 aliphatic heterocycles. The molecule has 2 aliphatic rings. The van der Waals surface area contributed by atoms with E-state index in [4.69, 9.17) is 14.2 Å². The minimum Gasteiger partial charge on any atom is -0.549 e. The van der Waals surface area contributed by atoms with Gasteiger partial charge in [0.05, 0.1) is 37.4 Å². The van der Waals surface area contributed by atoms with Crippen molar-refractivity contribution in [3.05, 3.63) is 24.5 Å². The summed E-state index contributed by atoms with van der Waals surface area (Å²) < 4.78 is 20.3. The third kappa shape index (κ3) is 4.93. The van der Waals surface area contributed by atoms with Gasteiger partial charge in [-0.25, -0.2) is 4.79 Å². The number of aliphatic carboxylic acids is 1. The Hall–Kier alpha value is -1.02. The number of carboxylic acids is 1. The third-order valence-electron chi connectivity index (χ3n) is 4.43. The van der Waals surface area contributed by atoms with Gasteiger partial charge in [0.2, 0.25) is 6.29 Å². The number of methoxy groups -OCH3 is 1. The molecule has 28 heavy (non-hydrogen) atoms. The fourth-order valence-corrected chi connectivity index (χ4v) is 2.93. The predicted molar refractivity (Wildman–Crippen MR) is 82.0 cm³/mol. The summed E-state index contributed by atoms with van der Waals surface area (Å²) in [5.74, 6) is -5.20. The van der Waals surface area contributed by atoms with Crippen molar-refractivity contribution >= 4 is 11.9 Å². The molecule has 1 saturated heterocycles. The fraction of sp³-hybridized carbons (Fsp3) is 0.625. The van der Waals surface area contributed by atoms with Crippen LogP contribution in [0.1, 0.15) is 0 Å². The zero-order valence-corrected chi connectivity index (χ0v) is 17.3. The molecule has 0 unspecified atom stereocenters. The second kappa shape index (κ2) is 10.7. The largest absolute Gasteiger partial charge is 1.00 e. The van der Waals surface area contributed by atoms with Gasteiger partial charge in [0.25, 0.3) is 0 Å². The second-order valence-electron chi connectivity index (χ2n) is 6.01. The monoisotopic (exact) mass is 412 g/mol. The maximum atomic E-state index is 11.8. The molecule has 0 aromatic heterocycles. The van der Waals surface area contributed by atoms with Crippen LogP contribution in [0.15, 0.2) is 24.5 Å². The van der Waals surface area contributed by atoms with Crippen LogP contribution in [0.2, 0.25) is 0 Å². The molecule has 0 amide bonds. The van der Waals surface area contributed by atoms with E-state index in [2.05, 4.69) is 11.3 Å². The van der Waals surface area contributed by atoms with Crippen LogP contribution in [0.25, 0.3) is 0 Å². The molecule has 2 heterocycles. The Morgan fingerprint density at radius 3 is 2.39 bits per heavy atom. The Kier molecular flexibility index (Phi) is 9.53. The summed E-state index contributed by atoms with van der Waals surface area (Å²) in [5.41, 5.74) is -0.323. The quantitative estimate of drug-likeness (QED) is 0.185. The van der Waals surface area contributed by atoms with Gasteiger partial charge < -0.3 is 49.3 Å². The Bertz CT molecular complexity index is 607. The minimum atomic E-state index is -1.72.